The van der Waals surface area contributed by atoms with Gasteiger partial charge in [-0.2, -0.15) is 0 Å². The summed E-state index contributed by atoms with van der Waals surface area (Å²) in [5, 5.41) is 3.31. The molecule has 19 heavy (non-hydrogen) atoms. The van der Waals surface area contributed by atoms with Crippen LogP contribution in [-0.4, -0.2) is 7.05 Å². The molecule has 1 unspecified atom stereocenters. The predicted octanol–water partition coefficient (Wildman–Crippen LogP) is 4.40. The molecule has 0 aromatic heterocycles. The highest BCUT2D eigenvalue weighted by atomic mass is 79.9. The van der Waals surface area contributed by atoms with Crippen molar-refractivity contribution in [2.24, 2.45) is 0 Å². The smallest absolute Gasteiger partial charge is 0.123 e. The molecule has 2 aromatic carbocycles. The fourth-order valence-corrected chi connectivity index (χ4v) is 2.65. The van der Waals surface area contributed by atoms with Gasteiger partial charge in [0.25, 0.3) is 0 Å². The zero-order valence-electron chi connectivity index (χ0n) is 11.1. The van der Waals surface area contributed by atoms with Gasteiger partial charge < -0.3 is 5.32 Å². The minimum Gasteiger partial charge on any atom is -0.313 e. The molecule has 0 saturated carbocycles. The average molecular weight is 322 g/mol. The Morgan fingerprint density at radius 3 is 2.63 bits per heavy atom. The molecule has 2 rings (SSSR count). The van der Waals surface area contributed by atoms with Crippen molar-refractivity contribution in [2.75, 3.05) is 7.05 Å². The van der Waals surface area contributed by atoms with Crippen LogP contribution in [0, 0.1) is 12.7 Å². The van der Waals surface area contributed by atoms with Crippen LogP contribution in [0.25, 0.3) is 0 Å². The van der Waals surface area contributed by atoms with Gasteiger partial charge in [-0.1, -0.05) is 40.2 Å². The van der Waals surface area contributed by atoms with Crippen molar-refractivity contribution in [2.45, 2.75) is 19.4 Å². The molecule has 0 radical (unpaired) electrons. The Morgan fingerprint density at radius 2 is 1.95 bits per heavy atom. The van der Waals surface area contributed by atoms with Crippen LogP contribution in [0.5, 0.6) is 0 Å². The van der Waals surface area contributed by atoms with Crippen LogP contribution in [-0.2, 0) is 6.42 Å². The van der Waals surface area contributed by atoms with E-state index in [0.29, 0.717) is 0 Å². The van der Waals surface area contributed by atoms with E-state index in [-0.39, 0.29) is 11.9 Å². The molecule has 100 valence electrons. The van der Waals surface area contributed by atoms with Crippen molar-refractivity contribution in [1.82, 2.24) is 5.32 Å². The number of hydrogen-bond donors (Lipinski definition) is 1. The summed E-state index contributed by atoms with van der Waals surface area (Å²) in [7, 11) is 1.93. The lowest BCUT2D eigenvalue weighted by Crippen LogP contribution is -2.20. The van der Waals surface area contributed by atoms with Crippen LogP contribution in [0.2, 0.25) is 0 Å². The molecular formula is C16H17BrFN. The lowest BCUT2D eigenvalue weighted by atomic mass is 9.95. The molecule has 1 atom stereocenters. The quantitative estimate of drug-likeness (QED) is 0.880. The Morgan fingerprint density at radius 1 is 1.21 bits per heavy atom. The molecule has 1 N–H and O–H groups in total. The van der Waals surface area contributed by atoms with Gasteiger partial charge in [-0.15, -0.1) is 0 Å². The second-order valence-electron chi connectivity index (χ2n) is 4.63. The van der Waals surface area contributed by atoms with Gasteiger partial charge in [0.15, 0.2) is 0 Å². The summed E-state index contributed by atoms with van der Waals surface area (Å²) in [6.07, 6.45) is 0.769. The second kappa shape index (κ2) is 6.31. The van der Waals surface area contributed by atoms with E-state index in [2.05, 4.69) is 34.2 Å². The number of halogens is 2. The molecule has 0 fully saturated rings. The normalized spacial score (nSPS) is 12.4. The fourth-order valence-electron chi connectivity index (χ4n) is 2.27. The first-order chi connectivity index (χ1) is 9.11. The highest BCUT2D eigenvalue weighted by Gasteiger charge is 2.14. The van der Waals surface area contributed by atoms with Crippen LogP contribution in [0.3, 0.4) is 0 Å². The van der Waals surface area contributed by atoms with Crippen LogP contribution in [0.15, 0.2) is 46.9 Å². The van der Waals surface area contributed by atoms with Gasteiger partial charge in [-0.3, -0.25) is 0 Å². The first-order valence-corrected chi connectivity index (χ1v) is 7.08. The molecule has 0 spiro atoms. The molecule has 0 saturated heterocycles. The van der Waals surface area contributed by atoms with Gasteiger partial charge in [0.2, 0.25) is 0 Å². The van der Waals surface area contributed by atoms with E-state index in [4.69, 9.17) is 0 Å². The van der Waals surface area contributed by atoms with Gasteiger partial charge in [-0.25, -0.2) is 4.39 Å². The maximum absolute atomic E-state index is 13.2. The fraction of sp³-hybridized carbons (Fsp3) is 0.250. The lowest BCUT2D eigenvalue weighted by Gasteiger charge is -2.19. The molecule has 0 amide bonds. The summed E-state index contributed by atoms with van der Waals surface area (Å²) in [5.41, 5.74) is 3.46. The van der Waals surface area contributed by atoms with Gasteiger partial charge in [0.05, 0.1) is 0 Å². The van der Waals surface area contributed by atoms with E-state index >= 15 is 0 Å². The van der Waals surface area contributed by atoms with Crippen molar-refractivity contribution < 1.29 is 4.39 Å². The first kappa shape index (κ1) is 14.2. The van der Waals surface area contributed by atoms with Gasteiger partial charge in [-0.05, 0) is 55.3 Å². The van der Waals surface area contributed by atoms with Crippen molar-refractivity contribution in [1.29, 1.82) is 0 Å². The Labute approximate surface area is 122 Å². The molecule has 0 aliphatic carbocycles. The van der Waals surface area contributed by atoms with E-state index in [1.165, 1.54) is 17.2 Å². The third-order valence-corrected chi connectivity index (χ3v) is 4.22. The number of likely N-dealkylation sites (N-methyl/N-ethyl adjacent to an activating group) is 1. The van der Waals surface area contributed by atoms with Crippen molar-refractivity contribution in [3.05, 3.63) is 69.4 Å². The molecule has 0 bridgehead atoms. The van der Waals surface area contributed by atoms with Crippen molar-refractivity contribution in [3.8, 4) is 0 Å². The lowest BCUT2D eigenvalue weighted by molar-refractivity contribution is 0.581. The number of rotatable bonds is 4. The number of nitrogens with one attached hydrogen (secondary N) is 1. The van der Waals surface area contributed by atoms with Crippen LogP contribution < -0.4 is 5.32 Å². The molecule has 2 aromatic rings. The number of hydrogen-bond acceptors (Lipinski definition) is 1. The molecule has 3 heteroatoms. The Hall–Kier alpha value is -1.19. The van der Waals surface area contributed by atoms with Gasteiger partial charge in [0, 0.05) is 10.5 Å². The SMILES string of the molecule is CNC(Cc1cccc(F)c1)c1cccc(Br)c1C. The first-order valence-electron chi connectivity index (χ1n) is 6.28. The summed E-state index contributed by atoms with van der Waals surface area (Å²) in [6.45, 7) is 2.09. The van der Waals surface area contributed by atoms with E-state index in [0.717, 1.165) is 16.5 Å². The second-order valence-corrected chi connectivity index (χ2v) is 5.48. The maximum Gasteiger partial charge on any atom is 0.123 e. The summed E-state index contributed by atoms with van der Waals surface area (Å²) in [5.74, 6) is -0.182. The highest BCUT2D eigenvalue weighted by molar-refractivity contribution is 9.10. The molecule has 1 nitrogen and oxygen atoms in total. The van der Waals surface area contributed by atoms with E-state index < -0.39 is 0 Å². The van der Waals surface area contributed by atoms with Crippen LogP contribution >= 0.6 is 15.9 Å². The molecule has 0 aliphatic heterocycles. The minimum atomic E-state index is -0.182. The van der Waals surface area contributed by atoms with E-state index in [1.807, 2.05) is 25.2 Å². The topological polar surface area (TPSA) is 12.0 Å². The van der Waals surface area contributed by atoms with Crippen LogP contribution in [0.1, 0.15) is 22.7 Å². The van der Waals surface area contributed by atoms with Crippen LogP contribution in [0.4, 0.5) is 4.39 Å². The molecular weight excluding hydrogens is 305 g/mol. The third kappa shape index (κ3) is 3.43. The van der Waals surface area contributed by atoms with Gasteiger partial charge in [0.1, 0.15) is 5.82 Å². The highest BCUT2D eigenvalue weighted by Crippen LogP contribution is 2.26. The molecule has 0 aliphatic rings. The monoisotopic (exact) mass is 321 g/mol. The maximum atomic E-state index is 13.2. The average Bonchev–Trinajstić information content (AvgIpc) is 2.40. The summed E-state index contributed by atoms with van der Waals surface area (Å²) in [6, 6.07) is 13.1. The van der Waals surface area contributed by atoms with Crippen molar-refractivity contribution >= 4 is 15.9 Å². The standard InChI is InChI=1S/C16H17BrFN/c1-11-14(7-4-8-15(11)17)16(19-2)10-12-5-3-6-13(18)9-12/h3-9,16,19H,10H2,1-2H3. The van der Waals surface area contributed by atoms with E-state index in [1.54, 1.807) is 12.1 Å². The largest absolute Gasteiger partial charge is 0.313 e. The Bertz CT molecular complexity index is 568. The predicted molar refractivity (Wildman–Crippen MR) is 80.8 cm³/mol. The van der Waals surface area contributed by atoms with Crippen molar-refractivity contribution in [3.63, 3.8) is 0 Å². The number of benzene rings is 2. The zero-order valence-corrected chi connectivity index (χ0v) is 12.7. The Kier molecular flexibility index (Phi) is 4.72. The summed E-state index contributed by atoms with van der Waals surface area (Å²) in [4.78, 5) is 0. The zero-order chi connectivity index (χ0) is 13.8. The Balaban J connectivity index is 2.28. The van der Waals surface area contributed by atoms with Gasteiger partial charge >= 0.3 is 0 Å². The summed E-state index contributed by atoms with van der Waals surface area (Å²) < 4.78 is 14.3. The third-order valence-electron chi connectivity index (χ3n) is 3.36. The summed E-state index contributed by atoms with van der Waals surface area (Å²) >= 11 is 3.55. The molecule has 0 heterocycles. The van der Waals surface area contributed by atoms with E-state index in [9.17, 15) is 4.39 Å². The minimum absolute atomic E-state index is 0.180.